The summed E-state index contributed by atoms with van der Waals surface area (Å²) >= 11 is 0. The van der Waals surface area contributed by atoms with Crippen LogP contribution in [0.5, 0.6) is 11.5 Å². The number of fused-ring (bicyclic) bond motifs is 1. The van der Waals surface area contributed by atoms with Crippen LogP contribution in [0.1, 0.15) is 20.3 Å². The van der Waals surface area contributed by atoms with Crippen LogP contribution in [-0.2, 0) is 0 Å². The Hall–Kier alpha value is -1.42. The minimum Gasteiger partial charge on any atom is -0.486 e. The first-order valence-corrected chi connectivity index (χ1v) is 6.52. The Balaban J connectivity index is 1.93. The first-order valence-electron chi connectivity index (χ1n) is 6.52. The summed E-state index contributed by atoms with van der Waals surface area (Å²) in [5, 5.41) is 0. The average molecular weight is 248 g/mol. The molecule has 1 atom stereocenters. The third kappa shape index (κ3) is 1.72. The van der Waals surface area contributed by atoms with E-state index >= 15 is 0 Å². The predicted molar refractivity (Wildman–Crippen MR) is 71.4 cm³/mol. The van der Waals surface area contributed by atoms with Crippen molar-refractivity contribution in [1.82, 2.24) is 0 Å². The van der Waals surface area contributed by atoms with Gasteiger partial charge in [0.15, 0.2) is 11.5 Å². The Labute approximate surface area is 108 Å². The van der Waals surface area contributed by atoms with Gasteiger partial charge in [0.1, 0.15) is 13.2 Å². The Bertz CT molecular complexity index is 459. The zero-order chi connectivity index (χ0) is 12.8. The molecule has 1 aromatic rings. The van der Waals surface area contributed by atoms with Gasteiger partial charge in [-0.15, -0.1) is 0 Å². The van der Waals surface area contributed by atoms with Crippen molar-refractivity contribution in [2.75, 3.05) is 24.7 Å². The van der Waals surface area contributed by atoms with Gasteiger partial charge in [0.2, 0.25) is 0 Å². The van der Waals surface area contributed by atoms with Crippen molar-refractivity contribution >= 4 is 5.69 Å². The van der Waals surface area contributed by atoms with E-state index in [1.807, 2.05) is 6.07 Å². The van der Waals surface area contributed by atoms with E-state index in [0.29, 0.717) is 13.2 Å². The summed E-state index contributed by atoms with van der Waals surface area (Å²) in [6.45, 7) is 6.64. The molecule has 2 N–H and O–H groups in total. The lowest BCUT2D eigenvalue weighted by atomic mass is 9.96. The highest BCUT2D eigenvalue weighted by Crippen LogP contribution is 2.38. The van der Waals surface area contributed by atoms with E-state index in [1.54, 1.807) is 0 Å². The summed E-state index contributed by atoms with van der Waals surface area (Å²) in [4.78, 5) is 2.36. The maximum absolute atomic E-state index is 6.18. The van der Waals surface area contributed by atoms with Gasteiger partial charge in [-0.3, -0.25) is 0 Å². The Morgan fingerprint density at radius 3 is 2.61 bits per heavy atom. The number of nitrogens with zero attached hydrogens (tertiary/aromatic N) is 1. The Kier molecular flexibility index (Phi) is 2.63. The molecular formula is C14H20N2O2. The van der Waals surface area contributed by atoms with E-state index in [9.17, 15) is 0 Å². The second-order valence-corrected chi connectivity index (χ2v) is 5.53. The third-order valence-electron chi connectivity index (χ3n) is 4.10. The lowest BCUT2D eigenvalue weighted by molar-refractivity contribution is 0.171. The highest BCUT2D eigenvalue weighted by molar-refractivity contribution is 5.59. The Morgan fingerprint density at radius 1 is 1.22 bits per heavy atom. The van der Waals surface area contributed by atoms with Crippen LogP contribution in [0.25, 0.3) is 0 Å². The predicted octanol–water partition coefficient (Wildman–Crippen LogP) is 1.77. The number of anilines is 1. The maximum atomic E-state index is 6.18. The van der Waals surface area contributed by atoms with E-state index in [1.165, 1.54) is 0 Å². The fraction of sp³-hybridized carbons (Fsp3) is 0.571. The third-order valence-corrected chi connectivity index (χ3v) is 4.10. The van der Waals surface area contributed by atoms with Crippen LogP contribution in [0.3, 0.4) is 0 Å². The summed E-state index contributed by atoms with van der Waals surface area (Å²) in [6, 6.07) is 6.36. The SMILES string of the molecule is CC1(C)C(N)CCN1c1ccc2c(c1)OCCO2. The van der Waals surface area contributed by atoms with Crippen molar-refractivity contribution in [1.29, 1.82) is 0 Å². The molecule has 18 heavy (non-hydrogen) atoms. The van der Waals surface area contributed by atoms with Crippen LogP contribution in [-0.4, -0.2) is 31.3 Å². The highest BCUT2D eigenvalue weighted by Gasteiger charge is 2.39. The molecule has 98 valence electrons. The fourth-order valence-corrected chi connectivity index (χ4v) is 2.77. The smallest absolute Gasteiger partial charge is 0.163 e. The molecule has 3 rings (SSSR count). The molecule has 1 saturated heterocycles. The fourth-order valence-electron chi connectivity index (χ4n) is 2.77. The summed E-state index contributed by atoms with van der Waals surface area (Å²) in [5.74, 6) is 1.68. The van der Waals surface area contributed by atoms with Gasteiger partial charge in [-0.2, -0.15) is 0 Å². The second kappa shape index (κ2) is 4.05. The molecule has 4 nitrogen and oxygen atoms in total. The summed E-state index contributed by atoms with van der Waals surface area (Å²) < 4.78 is 11.2. The normalized spacial score (nSPS) is 25.3. The van der Waals surface area contributed by atoms with Crippen LogP contribution in [0.15, 0.2) is 18.2 Å². The van der Waals surface area contributed by atoms with Crippen molar-refractivity contribution in [3.8, 4) is 11.5 Å². The van der Waals surface area contributed by atoms with E-state index in [4.69, 9.17) is 15.2 Å². The van der Waals surface area contributed by atoms with Crippen molar-refractivity contribution in [2.45, 2.75) is 31.8 Å². The van der Waals surface area contributed by atoms with Crippen molar-refractivity contribution in [3.05, 3.63) is 18.2 Å². The number of ether oxygens (including phenoxy) is 2. The zero-order valence-corrected chi connectivity index (χ0v) is 11.0. The van der Waals surface area contributed by atoms with E-state index in [-0.39, 0.29) is 11.6 Å². The summed E-state index contributed by atoms with van der Waals surface area (Å²) in [7, 11) is 0. The van der Waals surface area contributed by atoms with Gasteiger partial charge < -0.3 is 20.1 Å². The van der Waals surface area contributed by atoms with E-state index in [0.717, 1.165) is 30.2 Å². The van der Waals surface area contributed by atoms with Gasteiger partial charge >= 0.3 is 0 Å². The van der Waals surface area contributed by atoms with Gasteiger partial charge in [-0.25, -0.2) is 0 Å². The molecule has 2 heterocycles. The van der Waals surface area contributed by atoms with Crippen LogP contribution in [0.2, 0.25) is 0 Å². The van der Waals surface area contributed by atoms with Gasteiger partial charge in [-0.1, -0.05) is 0 Å². The van der Waals surface area contributed by atoms with Crippen LogP contribution < -0.4 is 20.1 Å². The lowest BCUT2D eigenvalue weighted by Gasteiger charge is -2.36. The molecule has 2 aliphatic heterocycles. The van der Waals surface area contributed by atoms with Gasteiger partial charge in [0.05, 0.1) is 0 Å². The van der Waals surface area contributed by atoms with Crippen LogP contribution in [0.4, 0.5) is 5.69 Å². The van der Waals surface area contributed by atoms with Crippen molar-refractivity contribution in [3.63, 3.8) is 0 Å². The van der Waals surface area contributed by atoms with Gasteiger partial charge in [0, 0.05) is 29.9 Å². The molecular weight excluding hydrogens is 228 g/mol. The molecule has 1 fully saturated rings. The minimum atomic E-state index is -0.0102. The van der Waals surface area contributed by atoms with Crippen LogP contribution >= 0.6 is 0 Å². The number of rotatable bonds is 1. The zero-order valence-electron chi connectivity index (χ0n) is 11.0. The molecule has 4 heteroatoms. The molecule has 0 spiro atoms. The molecule has 0 aromatic heterocycles. The number of benzene rings is 1. The average Bonchev–Trinajstić information content (AvgIpc) is 2.64. The molecule has 0 aliphatic carbocycles. The number of hydrogen-bond donors (Lipinski definition) is 1. The molecule has 0 radical (unpaired) electrons. The summed E-state index contributed by atoms with van der Waals surface area (Å²) in [5.41, 5.74) is 7.33. The quantitative estimate of drug-likeness (QED) is 0.823. The Morgan fingerprint density at radius 2 is 1.94 bits per heavy atom. The van der Waals surface area contributed by atoms with E-state index < -0.39 is 0 Å². The van der Waals surface area contributed by atoms with Crippen LogP contribution in [0, 0.1) is 0 Å². The van der Waals surface area contributed by atoms with Gasteiger partial charge in [-0.05, 0) is 32.4 Å². The molecule has 2 aliphatic rings. The number of nitrogens with two attached hydrogens (primary N) is 1. The standard InChI is InChI=1S/C14H20N2O2/c1-14(2)13(15)5-6-16(14)10-3-4-11-12(9-10)18-8-7-17-11/h3-4,9,13H,5-8,15H2,1-2H3. The van der Waals surface area contributed by atoms with Gasteiger partial charge in [0.25, 0.3) is 0 Å². The molecule has 0 amide bonds. The lowest BCUT2D eigenvalue weighted by Crippen LogP contribution is -2.48. The molecule has 1 unspecified atom stereocenters. The minimum absolute atomic E-state index is 0.0102. The molecule has 0 bridgehead atoms. The topological polar surface area (TPSA) is 47.7 Å². The van der Waals surface area contributed by atoms with Crippen molar-refractivity contribution in [2.24, 2.45) is 5.73 Å². The monoisotopic (exact) mass is 248 g/mol. The molecule has 1 aromatic carbocycles. The first-order chi connectivity index (χ1) is 8.59. The second-order valence-electron chi connectivity index (χ2n) is 5.53. The molecule has 0 saturated carbocycles. The number of hydrogen-bond acceptors (Lipinski definition) is 4. The largest absolute Gasteiger partial charge is 0.486 e. The van der Waals surface area contributed by atoms with Crippen molar-refractivity contribution < 1.29 is 9.47 Å². The first kappa shape index (κ1) is 11.7. The van der Waals surface area contributed by atoms with E-state index in [2.05, 4.69) is 30.9 Å². The maximum Gasteiger partial charge on any atom is 0.163 e. The highest BCUT2D eigenvalue weighted by atomic mass is 16.6. The summed E-state index contributed by atoms with van der Waals surface area (Å²) in [6.07, 6.45) is 1.03.